The number of carbonyl (C=O) groups excluding carboxylic acids is 1. The number of aliphatic hydroxyl groups excluding tert-OH is 1. The van der Waals surface area contributed by atoms with Gasteiger partial charge in [0.25, 0.3) is 0 Å². The van der Waals surface area contributed by atoms with E-state index in [1.165, 1.54) is 0 Å². The molecule has 0 radical (unpaired) electrons. The number of carbonyl (C=O) groups is 1. The van der Waals surface area contributed by atoms with Gasteiger partial charge in [-0.3, -0.25) is 0 Å². The van der Waals surface area contributed by atoms with Crippen LogP contribution in [0.25, 0.3) is 0 Å². The minimum Gasteiger partial charge on any atom is -0.387 e. The molecular formula is C15H17ClN2O2S. The van der Waals surface area contributed by atoms with Crippen LogP contribution in [-0.4, -0.2) is 17.7 Å². The van der Waals surface area contributed by atoms with Gasteiger partial charge >= 0.3 is 6.03 Å². The Kier molecular flexibility index (Phi) is 5.61. The van der Waals surface area contributed by atoms with Crippen LogP contribution in [-0.2, 0) is 6.54 Å². The maximum absolute atomic E-state index is 11.7. The average Bonchev–Trinajstić information content (AvgIpc) is 2.88. The fourth-order valence-electron chi connectivity index (χ4n) is 1.85. The number of aliphatic hydroxyl groups is 1. The van der Waals surface area contributed by atoms with Crippen molar-refractivity contribution in [3.05, 3.63) is 56.7 Å². The third-order valence-corrected chi connectivity index (χ3v) is 4.47. The van der Waals surface area contributed by atoms with E-state index in [1.54, 1.807) is 35.6 Å². The van der Waals surface area contributed by atoms with Gasteiger partial charge in [0, 0.05) is 22.0 Å². The van der Waals surface area contributed by atoms with Crippen LogP contribution in [0.15, 0.2) is 35.7 Å². The Balaban J connectivity index is 1.79. The summed E-state index contributed by atoms with van der Waals surface area (Å²) in [4.78, 5) is 12.8. The highest BCUT2D eigenvalue weighted by Crippen LogP contribution is 2.21. The first-order valence-electron chi connectivity index (χ1n) is 6.55. The highest BCUT2D eigenvalue weighted by molar-refractivity contribution is 7.10. The molecule has 0 spiro atoms. The number of urea groups is 1. The maximum atomic E-state index is 11.7. The largest absolute Gasteiger partial charge is 0.387 e. The van der Waals surface area contributed by atoms with Crippen molar-refractivity contribution in [2.45, 2.75) is 19.6 Å². The average molecular weight is 325 g/mol. The molecule has 0 saturated carbocycles. The summed E-state index contributed by atoms with van der Waals surface area (Å²) in [5.41, 5.74) is 1.77. The highest BCUT2D eigenvalue weighted by Gasteiger charge is 2.12. The van der Waals surface area contributed by atoms with Crippen LogP contribution in [0.5, 0.6) is 0 Å². The molecule has 21 heavy (non-hydrogen) atoms. The fraction of sp³-hybridized carbons (Fsp3) is 0.267. The molecule has 1 aromatic heterocycles. The van der Waals surface area contributed by atoms with Gasteiger partial charge < -0.3 is 15.7 Å². The lowest BCUT2D eigenvalue weighted by Crippen LogP contribution is -2.37. The van der Waals surface area contributed by atoms with Gasteiger partial charge in [-0.2, -0.15) is 0 Å². The van der Waals surface area contributed by atoms with Gasteiger partial charge in [0.1, 0.15) is 0 Å². The van der Waals surface area contributed by atoms with E-state index in [0.717, 1.165) is 10.4 Å². The maximum Gasteiger partial charge on any atom is 0.315 e. The molecule has 0 aliphatic rings. The lowest BCUT2D eigenvalue weighted by Gasteiger charge is -2.14. The zero-order valence-electron chi connectivity index (χ0n) is 11.6. The van der Waals surface area contributed by atoms with Gasteiger partial charge in [0.2, 0.25) is 0 Å². The first-order valence-corrected chi connectivity index (χ1v) is 7.81. The van der Waals surface area contributed by atoms with E-state index in [2.05, 4.69) is 10.6 Å². The summed E-state index contributed by atoms with van der Waals surface area (Å²) in [5, 5.41) is 17.9. The summed E-state index contributed by atoms with van der Waals surface area (Å²) >= 11 is 7.60. The molecule has 3 N–H and O–H groups in total. The number of amides is 2. The molecule has 0 fully saturated rings. The summed E-state index contributed by atoms with van der Waals surface area (Å²) < 4.78 is 0. The molecule has 0 aliphatic carbocycles. The second-order valence-corrected chi connectivity index (χ2v) is 6.04. The monoisotopic (exact) mass is 324 g/mol. The first-order chi connectivity index (χ1) is 10.1. The van der Waals surface area contributed by atoms with E-state index in [0.29, 0.717) is 17.1 Å². The van der Waals surface area contributed by atoms with Gasteiger partial charge in [-0.15, -0.1) is 11.3 Å². The molecule has 4 nitrogen and oxygen atoms in total. The second kappa shape index (κ2) is 7.45. The lowest BCUT2D eigenvalue weighted by atomic mass is 10.1. The first kappa shape index (κ1) is 15.8. The molecule has 0 aliphatic heterocycles. The topological polar surface area (TPSA) is 61.4 Å². The van der Waals surface area contributed by atoms with Gasteiger partial charge in [-0.25, -0.2) is 4.79 Å². The van der Waals surface area contributed by atoms with Crippen molar-refractivity contribution in [2.24, 2.45) is 0 Å². The summed E-state index contributed by atoms with van der Waals surface area (Å²) in [7, 11) is 0. The molecule has 2 aromatic rings. The standard InChI is InChI=1S/C15H17ClN2O2S/c1-10-6-7-21-14(10)9-18-15(20)17-8-13(19)11-4-2-3-5-12(11)16/h2-7,13,19H,8-9H2,1H3,(H2,17,18,20). The lowest BCUT2D eigenvalue weighted by molar-refractivity contribution is 0.173. The minimum absolute atomic E-state index is 0.110. The number of benzene rings is 1. The van der Waals surface area contributed by atoms with E-state index in [9.17, 15) is 9.90 Å². The highest BCUT2D eigenvalue weighted by atomic mass is 35.5. The van der Waals surface area contributed by atoms with E-state index in [-0.39, 0.29) is 12.6 Å². The number of nitrogens with one attached hydrogen (secondary N) is 2. The molecule has 6 heteroatoms. The summed E-state index contributed by atoms with van der Waals surface area (Å²) in [5.74, 6) is 0. The predicted octanol–water partition coefficient (Wildman–Crippen LogP) is 3.24. The minimum atomic E-state index is -0.826. The van der Waals surface area contributed by atoms with Gasteiger partial charge in [-0.1, -0.05) is 29.8 Å². The van der Waals surface area contributed by atoms with E-state index in [4.69, 9.17) is 11.6 Å². The van der Waals surface area contributed by atoms with Crippen molar-refractivity contribution in [3.8, 4) is 0 Å². The quantitative estimate of drug-likeness (QED) is 0.790. The second-order valence-electron chi connectivity index (χ2n) is 4.63. The van der Waals surface area contributed by atoms with Crippen LogP contribution in [0.1, 0.15) is 22.1 Å². The zero-order chi connectivity index (χ0) is 15.2. The molecule has 2 rings (SSSR count). The van der Waals surface area contributed by atoms with Gasteiger partial charge in [0.05, 0.1) is 12.6 Å². The third kappa shape index (κ3) is 4.46. The van der Waals surface area contributed by atoms with Crippen LogP contribution in [0.4, 0.5) is 4.79 Å². The van der Waals surface area contributed by atoms with Crippen LogP contribution >= 0.6 is 22.9 Å². The number of aryl methyl sites for hydroxylation is 1. The van der Waals surface area contributed by atoms with Crippen molar-refractivity contribution in [1.82, 2.24) is 10.6 Å². The Morgan fingerprint density at radius 2 is 2.10 bits per heavy atom. The fourth-order valence-corrected chi connectivity index (χ4v) is 2.96. The molecule has 112 valence electrons. The molecule has 0 saturated heterocycles. The Morgan fingerprint density at radius 1 is 1.33 bits per heavy atom. The Labute approximate surface area is 132 Å². The van der Waals surface area contributed by atoms with Gasteiger partial charge in [-0.05, 0) is 30.0 Å². The smallest absolute Gasteiger partial charge is 0.315 e. The van der Waals surface area contributed by atoms with Crippen molar-refractivity contribution in [2.75, 3.05) is 6.54 Å². The van der Waals surface area contributed by atoms with E-state index < -0.39 is 6.10 Å². The summed E-state index contributed by atoms with van der Waals surface area (Å²) in [6, 6.07) is 8.74. The van der Waals surface area contributed by atoms with Crippen molar-refractivity contribution < 1.29 is 9.90 Å². The third-order valence-electron chi connectivity index (χ3n) is 3.10. The Morgan fingerprint density at radius 3 is 2.76 bits per heavy atom. The number of thiophene rings is 1. The van der Waals surface area contributed by atoms with E-state index in [1.807, 2.05) is 18.4 Å². The Hall–Kier alpha value is -1.56. The molecule has 0 bridgehead atoms. The van der Waals surface area contributed by atoms with Crippen molar-refractivity contribution >= 4 is 29.0 Å². The molecule has 2 amide bonds. The van der Waals surface area contributed by atoms with Crippen LogP contribution in [0.2, 0.25) is 5.02 Å². The van der Waals surface area contributed by atoms with E-state index >= 15 is 0 Å². The summed E-state index contributed by atoms with van der Waals surface area (Å²) in [6.45, 7) is 2.60. The molecule has 1 aromatic carbocycles. The Bertz CT molecular complexity index is 615. The predicted molar refractivity (Wildman–Crippen MR) is 85.7 cm³/mol. The van der Waals surface area contributed by atoms with Crippen LogP contribution in [0.3, 0.4) is 0 Å². The number of rotatable bonds is 5. The van der Waals surface area contributed by atoms with Crippen LogP contribution in [0, 0.1) is 6.92 Å². The number of hydrogen-bond acceptors (Lipinski definition) is 3. The number of hydrogen-bond donors (Lipinski definition) is 3. The SMILES string of the molecule is Cc1ccsc1CNC(=O)NCC(O)c1ccccc1Cl. The van der Waals surface area contributed by atoms with Gasteiger partial charge in [0.15, 0.2) is 0 Å². The normalized spacial score (nSPS) is 12.0. The number of halogens is 1. The van der Waals surface area contributed by atoms with Crippen molar-refractivity contribution in [3.63, 3.8) is 0 Å². The molecule has 1 heterocycles. The molecular weight excluding hydrogens is 308 g/mol. The zero-order valence-corrected chi connectivity index (χ0v) is 13.2. The molecule has 1 atom stereocenters. The molecule has 1 unspecified atom stereocenters. The summed E-state index contributed by atoms with van der Waals surface area (Å²) in [6.07, 6.45) is -0.826. The van der Waals surface area contributed by atoms with Crippen LogP contribution < -0.4 is 10.6 Å². The van der Waals surface area contributed by atoms with Crippen molar-refractivity contribution in [1.29, 1.82) is 0 Å².